The van der Waals surface area contributed by atoms with Crippen LogP contribution >= 0.6 is 0 Å². The summed E-state index contributed by atoms with van der Waals surface area (Å²) in [6.45, 7) is 0. The number of anilines is 1. The predicted octanol–water partition coefficient (Wildman–Crippen LogP) is 3.07. The van der Waals surface area contributed by atoms with Crippen LogP contribution in [0, 0.1) is 11.3 Å². The van der Waals surface area contributed by atoms with Gasteiger partial charge in [-0.05, 0) is 23.8 Å². The zero-order valence-corrected chi connectivity index (χ0v) is 14.2. The molecule has 0 saturated carbocycles. The third kappa shape index (κ3) is 3.05. The molecule has 132 valence electrons. The van der Waals surface area contributed by atoms with E-state index in [4.69, 9.17) is 11.0 Å². The summed E-state index contributed by atoms with van der Waals surface area (Å²) in [5.74, 6) is -0.350. The molecular weight excluding hydrogens is 340 g/mol. The maximum Gasteiger partial charge on any atom is 0.245 e. The molecule has 0 fully saturated rings. The number of nitriles is 1. The van der Waals surface area contributed by atoms with Gasteiger partial charge in [-0.2, -0.15) is 10.4 Å². The zero-order chi connectivity index (χ0) is 18.8. The van der Waals surface area contributed by atoms with Gasteiger partial charge in [-0.3, -0.25) is 9.89 Å². The molecule has 27 heavy (non-hydrogen) atoms. The van der Waals surface area contributed by atoms with Gasteiger partial charge in [0.25, 0.3) is 0 Å². The maximum absolute atomic E-state index is 12.6. The molecule has 7 nitrogen and oxygen atoms in total. The standard InChI is InChI=1S/C20H16N6O/c21-8-12-3-1-4-13(7-12)18(22)20(27)26-17-6-2-5-15-16(11-23-19(15)17)14-9-24-25-10-14/h1-7,9-11,18,23H,22H2,(H,24,25)(H,26,27)/t18-/m0/s1. The molecule has 0 aliphatic rings. The average molecular weight is 356 g/mol. The smallest absolute Gasteiger partial charge is 0.245 e. The summed E-state index contributed by atoms with van der Waals surface area (Å²) < 4.78 is 0. The Labute approximate surface area is 154 Å². The Bertz CT molecular complexity index is 1150. The van der Waals surface area contributed by atoms with Gasteiger partial charge in [-0.1, -0.05) is 24.3 Å². The number of benzene rings is 2. The van der Waals surface area contributed by atoms with Crippen molar-refractivity contribution in [1.29, 1.82) is 5.26 Å². The lowest BCUT2D eigenvalue weighted by Crippen LogP contribution is -2.27. The number of hydrogen-bond donors (Lipinski definition) is 4. The van der Waals surface area contributed by atoms with Gasteiger partial charge in [0.15, 0.2) is 0 Å². The molecule has 5 N–H and O–H groups in total. The lowest BCUT2D eigenvalue weighted by molar-refractivity contribution is -0.117. The first kappa shape index (κ1) is 16.6. The molecule has 4 rings (SSSR count). The van der Waals surface area contributed by atoms with E-state index in [2.05, 4.69) is 26.6 Å². The molecular formula is C20H16N6O. The molecule has 0 spiro atoms. The Morgan fingerprint density at radius 1 is 1.22 bits per heavy atom. The number of aromatic nitrogens is 3. The largest absolute Gasteiger partial charge is 0.359 e. The van der Waals surface area contributed by atoms with E-state index in [1.807, 2.05) is 30.6 Å². The fraction of sp³-hybridized carbons (Fsp3) is 0.0500. The molecule has 7 heteroatoms. The number of fused-ring (bicyclic) bond motifs is 1. The van der Waals surface area contributed by atoms with Crippen molar-refractivity contribution in [2.75, 3.05) is 5.32 Å². The van der Waals surface area contributed by atoms with Crippen LogP contribution in [0.25, 0.3) is 22.0 Å². The topological polar surface area (TPSA) is 123 Å². The summed E-state index contributed by atoms with van der Waals surface area (Å²) >= 11 is 0. The quantitative estimate of drug-likeness (QED) is 0.448. The summed E-state index contributed by atoms with van der Waals surface area (Å²) in [5, 5.41) is 19.6. The predicted molar refractivity (Wildman–Crippen MR) is 103 cm³/mol. The van der Waals surface area contributed by atoms with Crippen LogP contribution in [0.5, 0.6) is 0 Å². The molecule has 4 aromatic rings. The number of amides is 1. The minimum atomic E-state index is -0.878. The minimum Gasteiger partial charge on any atom is -0.359 e. The number of nitrogens with zero attached hydrogens (tertiary/aromatic N) is 2. The van der Waals surface area contributed by atoms with E-state index >= 15 is 0 Å². The highest BCUT2D eigenvalue weighted by Crippen LogP contribution is 2.32. The second-order valence-electron chi connectivity index (χ2n) is 6.12. The number of rotatable bonds is 4. The second kappa shape index (κ2) is 6.78. The number of nitrogens with two attached hydrogens (primary N) is 1. The highest BCUT2D eigenvalue weighted by atomic mass is 16.2. The summed E-state index contributed by atoms with van der Waals surface area (Å²) in [6, 6.07) is 13.6. The van der Waals surface area contributed by atoms with Gasteiger partial charge in [0.05, 0.1) is 29.0 Å². The van der Waals surface area contributed by atoms with E-state index in [-0.39, 0.29) is 5.91 Å². The van der Waals surface area contributed by atoms with Crippen molar-refractivity contribution in [3.05, 3.63) is 72.2 Å². The first-order valence-corrected chi connectivity index (χ1v) is 8.33. The van der Waals surface area contributed by atoms with Gasteiger partial charge in [-0.15, -0.1) is 0 Å². The van der Waals surface area contributed by atoms with Crippen molar-refractivity contribution >= 4 is 22.5 Å². The molecule has 1 atom stereocenters. The van der Waals surface area contributed by atoms with Crippen LogP contribution in [0.2, 0.25) is 0 Å². The Kier molecular flexibility index (Phi) is 4.16. The van der Waals surface area contributed by atoms with Crippen LogP contribution in [-0.2, 0) is 4.79 Å². The summed E-state index contributed by atoms with van der Waals surface area (Å²) in [7, 11) is 0. The molecule has 2 aromatic heterocycles. The fourth-order valence-corrected chi connectivity index (χ4v) is 3.06. The van der Waals surface area contributed by atoms with Crippen molar-refractivity contribution in [2.45, 2.75) is 6.04 Å². The monoisotopic (exact) mass is 356 g/mol. The van der Waals surface area contributed by atoms with Crippen LogP contribution in [0.1, 0.15) is 17.2 Å². The average Bonchev–Trinajstić information content (AvgIpc) is 3.37. The Hall–Kier alpha value is -3.89. The van der Waals surface area contributed by atoms with E-state index in [9.17, 15) is 4.79 Å². The van der Waals surface area contributed by atoms with E-state index in [1.165, 1.54) is 0 Å². The number of para-hydroxylation sites is 1. The number of aromatic amines is 2. The number of hydrogen-bond acceptors (Lipinski definition) is 4. The van der Waals surface area contributed by atoms with Gasteiger partial charge in [0.1, 0.15) is 6.04 Å². The van der Waals surface area contributed by atoms with Gasteiger partial charge in [0, 0.05) is 28.9 Å². The first-order chi connectivity index (χ1) is 13.2. The van der Waals surface area contributed by atoms with Crippen molar-refractivity contribution in [3.8, 4) is 17.2 Å². The molecule has 0 aliphatic heterocycles. The van der Waals surface area contributed by atoms with E-state index in [1.54, 1.807) is 30.5 Å². The van der Waals surface area contributed by atoms with Crippen molar-refractivity contribution in [3.63, 3.8) is 0 Å². The molecule has 0 saturated heterocycles. The van der Waals surface area contributed by atoms with Gasteiger partial charge >= 0.3 is 0 Å². The number of carbonyl (C=O) groups is 1. The third-order valence-corrected chi connectivity index (χ3v) is 4.44. The third-order valence-electron chi connectivity index (χ3n) is 4.44. The van der Waals surface area contributed by atoms with Gasteiger partial charge in [-0.25, -0.2) is 0 Å². The minimum absolute atomic E-state index is 0.350. The highest BCUT2D eigenvalue weighted by molar-refractivity contribution is 6.06. The molecule has 2 heterocycles. The van der Waals surface area contributed by atoms with E-state index in [0.29, 0.717) is 16.8 Å². The summed E-state index contributed by atoms with van der Waals surface area (Å²) in [6.07, 6.45) is 5.43. The normalized spacial score (nSPS) is 11.9. The highest BCUT2D eigenvalue weighted by Gasteiger charge is 2.18. The lowest BCUT2D eigenvalue weighted by atomic mass is 10.0. The first-order valence-electron chi connectivity index (χ1n) is 8.33. The van der Waals surface area contributed by atoms with Crippen LogP contribution in [0.4, 0.5) is 5.69 Å². The lowest BCUT2D eigenvalue weighted by Gasteiger charge is -2.13. The molecule has 0 radical (unpaired) electrons. The van der Waals surface area contributed by atoms with E-state index in [0.717, 1.165) is 22.0 Å². The summed E-state index contributed by atoms with van der Waals surface area (Å²) in [5.41, 5.74) is 10.5. The van der Waals surface area contributed by atoms with Crippen LogP contribution in [0.3, 0.4) is 0 Å². The Balaban J connectivity index is 1.63. The zero-order valence-electron chi connectivity index (χ0n) is 14.2. The maximum atomic E-state index is 12.6. The van der Waals surface area contributed by atoms with Crippen LogP contribution in [0.15, 0.2) is 61.1 Å². The number of H-pyrrole nitrogens is 2. The Morgan fingerprint density at radius 3 is 2.85 bits per heavy atom. The van der Waals surface area contributed by atoms with Crippen LogP contribution < -0.4 is 11.1 Å². The van der Waals surface area contributed by atoms with Crippen molar-refractivity contribution in [1.82, 2.24) is 15.2 Å². The van der Waals surface area contributed by atoms with E-state index < -0.39 is 6.04 Å². The second-order valence-corrected chi connectivity index (χ2v) is 6.12. The number of carbonyl (C=O) groups excluding carboxylic acids is 1. The summed E-state index contributed by atoms with van der Waals surface area (Å²) in [4.78, 5) is 15.9. The van der Waals surface area contributed by atoms with Crippen molar-refractivity contribution in [2.24, 2.45) is 5.73 Å². The van der Waals surface area contributed by atoms with Crippen LogP contribution in [-0.4, -0.2) is 21.1 Å². The molecule has 0 aliphatic carbocycles. The SMILES string of the molecule is N#Cc1cccc([C@H](N)C(=O)Nc2cccc3c(-c4cn[nH]c4)c[nH]c23)c1. The van der Waals surface area contributed by atoms with Gasteiger partial charge < -0.3 is 16.0 Å². The Morgan fingerprint density at radius 2 is 2.07 bits per heavy atom. The van der Waals surface area contributed by atoms with Crippen molar-refractivity contribution < 1.29 is 4.79 Å². The number of nitrogens with one attached hydrogen (secondary N) is 3. The molecule has 0 unspecified atom stereocenters. The fourth-order valence-electron chi connectivity index (χ4n) is 3.06. The van der Waals surface area contributed by atoms with Gasteiger partial charge in [0.2, 0.25) is 5.91 Å². The molecule has 0 bridgehead atoms. The molecule has 1 amide bonds. The molecule has 2 aromatic carbocycles.